The zero-order valence-corrected chi connectivity index (χ0v) is 14.8. The molecule has 0 fully saturated rings. The third-order valence-corrected chi connectivity index (χ3v) is 4.16. The Balaban J connectivity index is 1.65. The molecule has 0 radical (unpaired) electrons. The van der Waals surface area contributed by atoms with Gasteiger partial charge in [-0.3, -0.25) is 9.59 Å². The summed E-state index contributed by atoms with van der Waals surface area (Å²) in [5.74, 6) is -0.714. The molecule has 0 aromatic heterocycles. The second-order valence-corrected chi connectivity index (χ2v) is 6.35. The number of carbonyl (C=O) groups excluding carboxylic acids is 2. The highest BCUT2D eigenvalue weighted by Crippen LogP contribution is 2.13. The quantitative estimate of drug-likeness (QED) is 0.504. The van der Waals surface area contributed by atoms with Crippen molar-refractivity contribution in [1.82, 2.24) is 0 Å². The summed E-state index contributed by atoms with van der Waals surface area (Å²) in [4.78, 5) is 23.1. The van der Waals surface area contributed by atoms with E-state index in [-0.39, 0.29) is 31.6 Å². The Morgan fingerprint density at radius 1 is 0.833 bits per heavy atom. The van der Waals surface area contributed by atoms with Gasteiger partial charge in [0, 0.05) is 6.42 Å². The molecule has 0 heterocycles. The lowest BCUT2D eigenvalue weighted by Gasteiger charge is -2.10. The predicted molar refractivity (Wildman–Crippen MR) is 94.4 cm³/mol. The van der Waals surface area contributed by atoms with Crippen LogP contribution in [0.4, 0.5) is 0 Å². The zero-order chi connectivity index (χ0) is 17.2. The summed E-state index contributed by atoms with van der Waals surface area (Å²) >= 11 is 3.26. The average Bonchev–Trinajstić information content (AvgIpc) is 2.64. The maximum absolute atomic E-state index is 11.9. The smallest absolute Gasteiger partial charge is 0.320 e. The van der Waals surface area contributed by atoms with Crippen LogP contribution >= 0.6 is 15.9 Å². The lowest BCUT2D eigenvalue weighted by Crippen LogP contribution is -2.19. The van der Waals surface area contributed by atoms with Crippen molar-refractivity contribution in [2.45, 2.75) is 30.9 Å². The van der Waals surface area contributed by atoms with Crippen LogP contribution in [0.15, 0.2) is 60.7 Å². The minimum atomic E-state index is -0.523. The molecule has 4 nitrogen and oxygen atoms in total. The Morgan fingerprint density at radius 2 is 1.33 bits per heavy atom. The minimum Gasteiger partial charge on any atom is -0.461 e. The molecule has 0 amide bonds. The van der Waals surface area contributed by atoms with Crippen LogP contribution in [0.5, 0.6) is 0 Å². The molecule has 0 spiro atoms. The van der Waals surface area contributed by atoms with E-state index in [1.807, 2.05) is 60.7 Å². The summed E-state index contributed by atoms with van der Waals surface area (Å²) in [6.45, 7) is 0.464. The van der Waals surface area contributed by atoms with E-state index >= 15 is 0 Å². The van der Waals surface area contributed by atoms with Crippen LogP contribution in [0, 0.1) is 0 Å². The number of rotatable bonds is 8. The third kappa shape index (κ3) is 6.54. The molecule has 0 aliphatic carbocycles. The second kappa shape index (κ2) is 9.88. The van der Waals surface area contributed by atoms with E-state index in [0.29, 0.717) is 6.42 Å². The number of hydrogen-bond donors (Lipinski definition) is 0. The van der Waals surface area contributed by atoms with Crippen molar-refractivity contribution in [3.8, 4) is 0 Å². The molecule has 0 N–H and O–H groups in total. The van der Waals surface area contributed by atoms with Crippen LogP contribution in [0.1, 0.15) is 24.0 Å². The number of halogens is 1. The summed E-state index contributed by atoms with van der Waals surface area (Å²) in [7, 11) is 0. The maximum Gasteiger partial charge on any atom is 0.320 e. The molecule has 126 valence electrons. The maximum atomic E-state index is 11.9. The summed E-state index contributed by atoms with van der Waals surface area (Å²) < 4.78 is 10.4. The first-order valence-corrected chi connectivity index (χ1v) is 8.61. The number of ether oxygens (including phenoxy) is 2. The zero-order valence-electron chi connectivity index (χ0n) is 13.2. The molecule has 5 heteroatoms. The summed E-state index contributed by atoms with van der Waals surface area (Å²) in [5.41, 5.74) is 1.86. The third-order valence-electron chi connectivity index (χ3n) is 3.32. The molecule has 0 saturated heterocycles. The summed E-state index contributed by atoms with van der Waals surface area (Å²) in [6.07, 6.45) is 0.491. The molecule has 0 aliphatic rings. The lowest BCUT2D eigenvalue weighted by atomic mass is 10.2. The van der Waals surface area contributed by atoms with Gasteiger partial charge < -0.3 is 9.47 Å². The molecular formula is C19H19BrO4. The Labute approximate surface area is 149 Å². The van der Waals surface area contributed by atoms with Crippen LogP contribution in [0.2, 0.25) is 0 Å². The normalized spacial score (nSPS) is 11.5. The van der Waals surface area contributed by atoms with Gasteiger partial charge in [0.15, 0.2) is 0 Å². The number of hydrogen-bond acceptors (Lipinski definition) is 4. The molecule has 0 aliphatic heterocycles. The van der Waals surface area contributed by atoms with Gasteiger partial charge in [-0.05, 0) is 17.5 Å². The van der Waals surface area contributed by atoms with E-state index in [2.05, 4.69) is 15.9 Å². The second-order valence-electron chi connectivity index (χ2n) is 5.25. The van der Waals surface area contributed by atoms with E-state index in [4.69, 9.17) is 9.47 Å². The fourth-order valence-corrected chi connectivity index (χ4v) is 2.35. The molecule has 0 bridgehead atoms. The minimum absolute atomic E-state index is 0.156. The van der Waals surface area contributed by atoms with Crippen molar-refractivity contribution in [2.75, 3.05) is 0 Å². The largest absolute Gasteiger partial charge is 0.461 e. The summed E-state index contributed by atoms with van der Waals surface area (Å²) in [6, 6.07) is 18.9. The van der Waals surface area contributed by atoms with E-state index in [9.17, 15) is 9.59 Å². The predicted octanol–water partition coefficient (Wildman–Crippen LogP) is 4.02. The van der Waals surface area contributed by atoms with Crippen LogP contribution in [0.25, 0.3) is 0 Å². The highest BCUT2D eigenvalue weighted by molar-refractivity contribution is 9.10. The first-order chi connectivity index (χ1) is 11.6. The molecular weight excluding hydrogens is 372 g/mol. The van der Waals surface area contributed by atoms with Gasteiger partial charge in [-0.2, -0.15) is 0 Å². The Bertz CT molecular complexity index is 643. The molecule has 1 atom stereocenters. The van der Waals surface area contributed by atoms with Gasteiger partial charge in [0.1, 0.15) is 18.0 Å². The van der Waals surface area contributed by atoms with Crippen molar-refractivity contribution in [3.05, 3.63) is 71.8 Å². The van der Waals surface area contributed by atoms with Gasteiger partial charge in [0.05, 0.1) is 0 Å². The van der Waals surface area contributed by atoms with Crippen molar-refractivity contribution in [1.29, 1.82) is 0 Å². The first kappa shape index (κ1) is 18.2. The van der Waals surface area contributed by atoms with Crippen LogP contribution in [0.3, 0.4) is 0 Å². The number of benzene rings is 2. The fourth-order valence-electron chi connectivity index (χ4n) is 1.99. The van der Waals surface area contributed by atoms with Gasteiger partial charge in [0.25, 0.3) is 0 Å². The fraction of sp³-hybridized carbons (Fsp3) is 0.263. The van der Waals surface area contributed by atoms with Gasteiger partial charge in [-0.15, -0.1) is 0 Å². The van der Waals surface area contributed by atoms with Crippen LogP contribution < -0.4 is 0 Å². The Morgan fingerprint density at radius 3 is 1.88 bits per heavy atom. The molecule has 2 aromatic rings. The number of carbonyl (C=O) groups is 2. The monoisotopic (exact) mass is 390 g/mol. The van der Waals surface area contributed by atoms with Crippen molar-refractivity contribution < 1.29 is 19.1 Å². The Hall–Kier alpha value is -2.14. The topological polar surface area (TPSA) is 52.6 Å². The summed E-state index contributed by atoms with van der Waals surface area (Å²) in [5, 5.41) is 0. The van der Waals surface area contributed by atoms with Gasteiger partial charge in [-0.25, -0.2) is 0 Å². The number of esters is 2. The van der Waals surface area contributed by atoms with E-state index in [0.717, 1.165) is 11.1 Å². The molecule has 2 aromatic carbocycles. The molecule has 24 heavy (non-hydrogen) atoms. The highest BCUT2D eigenvalue weighted by atomic mass is 79.9. The standard InChI is InChI=1S/C19H19BrO4/c20-17(19(22)24-14-16-9-5-2-6-10-16)11-12-18(21)23-13-15-7-3-1-4-8-15/h1-10,17H,11-14H2. The SMILES string of the molecule is O=C(CCC(Br)C(=O)OCc1ccccc1)OCc1ccccc1. The van der Waals surface area contributed by atoms with E-state index < -0.39 is 4.83 Å². The van der Waals surface area contributed by atoms with Gasteiger partial charge in [0.2, 0.25) is 0 Å². The van der Waals surface area contributed by atoms with Gasteiger partial charge >= 0.3 is 11.9 Å². The van der Waals surface area contributed by atoms with E-state index in [1.165, 1.54) is 0 Å². The van der Waals surface area contributed by atoms with Crippen molar-refractivity contribution >= 4 is 27.9 Å². The Kier molecular flexibility index (Phi) is 7.49. The van der Waals surface area contributed by atoms with Crippen molar-refractivity contribution in [3.63, 3.8) is 0 Å². The van der Waals surface area contributed by atoms with Crippen molar-refractivity contribution in [2.24, 2.45) is 0 Å². The van der Waals surface area contributed by atoms with E-state index in [1.54, 1.807) is 0 Å². The molecule has 2 rings (SSSR count). The molecule has 0 saturated carbocycles. The van der Waals surface area contributed by atoms with Crippen LogP contribution in [-0.2, 0) is 32.3 Å². The first-order valence-electron chi connectivity index (χ1n) is 7.69. The number of alkyl halides is 1. The average molecular weight is 391 g/mol. The van der Waals surface area contributed by atoms with Gasteiger partial charge in [-0.1, -0.05) is 76.6 Å². The lowest BCUT2D eigenvalue weighted by molar-refractivity contribution is -0.146. The molecule has 1 unspecified atom stereocenters. The highest BCUT2D eigenvalue weighted by Gasteiger charge is 2.18. The van der Waals surface area contributed by atoms with Crippen LogP contribution in [-0.4, -0.2) is 16.8 Å².